The average Bonchev–Trinajstić information content (AvgIpc) is 3.09. The summed E-state index contributed by atoms with van der Waals surface area (Å²) in [4.78, 5) is 60.3. The van der Waals surface area contributed by atoms with Gasteiger partial charge in [-0.1, -0.05) is 12.1 Å². The van der Waals surface area contributed by atoms with Crippen LogP contribution in [-0.2, 0) is 9.47 Å². The Bertz CT molecular complexity index is 2210. The van der Waals surface area contributed by atoms with Crippen LogP contribution in [0.5, 0.6) is 5.75 Å². The Hall–Kier alpha value is -6.53. The zero-order chi connectivity index (χ0) is 37.0. The number of benzene rings is 4. The summed E-state index contributed by atoms with van der Waals surface area (Å²) >= 11 is 0. The minimum absolute atomic E-state index is 0.0183. The molecular weight excluding hydrogens is 682 g/mol. The fourth-order valence-electron chi connectivity index (χ4n) is 5.22. The summed E-state index contributed by atoms with van der Waals surface area (Å²) in [5.41, 5.74) is -3.32. The molecule has 0 aromatic heterocycles. The van der Waals surface area contributed by atoms with Gasteiger partial charge in [-0.3, -0.25) is 34.7 Å². The molecule has 3 aromatic carbocycles. The summed E-state index contributed by atoms with van der Waals surface area (Å²) in [7, 11) is 0. The lowest BCUT2D eigenvalue weighted by Crippen LogP contribution is -2.42. The van der Waals surface area contributed by atoms with Crippen LogP contribution < -0.4 is 15.6 Å². The largest absolute Gasteiger partial charge is 0.505 e. The van der Waals surface area contributed by atoms with Crippen LogP contribution >= 0.6 is 0 Å². The van der Waals surface area contributed by atoms with Gasteiger partial charge < -0.3 is 29.4 Å². The zero-order valence-corrected chi connectivity index (χ0v) is 26.3. The molecule has 1 atom stereocenters. The van der Waals surface area contributed by atoms with Crippen LogP contribution in [0, 0.1) is 31.9 Å². The van der Waals surface area contributed by atoms with E-state index >= 15 is 0 Å². The topological polar surface area (TPSA) is 225 Å². The Kier molecular flexibility index (Phi) is 10.5. The molecule has 264 valence electrons. The standard InChI is InChI=1S/C33H26F2N4O12/c1-17(50-11-10-49-9-8-36-25-7-6-18(38(45)46)12-26(25)39(47)48)37(32(42)19-4-2-3-5-20(19)33(43)44)31-21-13-23(34)27(40)15-29(21)51-30-16-28(41)24(35)14-22(30)31/h2-7,12-17,36,40H,8-11H2,1H3,(H,43,44). The molecule has 0 saturated carbocycles. The molecule has 0 bridgehead atoms. The number of amides is 1. The van der Waals surface area contributed by atoms with Crippen LogP contribution in [-0.4, -0.2) is 64.5 Å². The second-order valence-electron chi connectivity index (χ2n) is 10.8. The molecule has 1 aliphatic carbocycles. The van der Waals surface area contributed by atoms with Gasteiger partial charge in [-0.05, 0) is 37.3 Å². The summed E-state index contributed by atoms with van der Waals surface area (Å²) in [6.07, 6.45) is -1.30. The number of halogens is 2. The van der Waals surface area contributed by atoms with Crippen molar-refractivity contribution in [2.24, 2.45) is 0 Å². The van der Waals surface area contributed by atoms with Crippen molar-refractivity contribution in [1.29, 1.82) is 0 Å². The first kappa shape index (κ1) is 35.8. The Morgan fingerprint density at radius 2 is 1.69 bits per heavy atom. The number of carbonyl (C=O) groups is 2. The third-order valence-electron chi connectivity index (χ3n) is 7.56. The van der Waals surface area contributed by atoms with Gasteiger partial charge in [-0.25, -0.2) is 13.6 Å². The maximum absolute atomic E-state index is 14.8. The van der Waals surface area contributed by atoms with Crippen molar-refractivity contribution >= 4 is 45.6 Å². The van der Waals surface area contributed by atoms with Crippen molar-refractivity contribution < 1.29 is 52.3 Å². The van der Waals surface area contributed by atoms with Gasteiger partial charge in [0, 0.05) is 35.7 Å². The highest BCUT2D eigenvalue weighted by molar-refractivity contribution is 6.16. The predicted molar refractivity (Wildman–Crippen MR) is 175 cm³/mol. The lowest BCUT2D eigenvalue weighted by molar-refractivity contribution is -0.393. The number of nitro benzene ring substituents is 2. The highest BCUT2D eigenvalue weighted by atomic mass is 19.1. The summed E-state index contributed by atoms with van der Waals surface area (Å²) in [5.74, 6) is -5.84. The maximum Gasteiger partial charge on any atom is 0.336 e. The van der Waals surface area contributed by atoms with Crippen LogP contribution in [0.1, 0.15) is 27.6 Å². The summed E-state index contributed by atoms with van der Waals surface area (Å²) < 4.78 is 46.6. The quantitative estimate of drug-likeness (QED) is 0.0424. The highest BCUT2D eigenvalue weighted by Crippen LogP contribution is 2.43. The number of hydrogen-bond donors (Lipinski definition) is 3. The SMILES string of the molecule is CC(OCCOCCNc1ccc([N+](=O)[O-])cc1[N+](=O)[O-])N(C(=O)c1ccccc1C(=O)O)c1c2cc(F)c(=O)cc-2oc2cc(O)c(F)cc12. The number of ether oxygens (including phenoxy) is 2. The number of carbonyl (C=O) groups excluding carboxylic acids is 1. The summed E-state index contributed by atoms with van der Waals surface area (Å²) in [6, 6.07) is 11.6. The minimum Gasteiger partial charge on any atom is -0.505 e. The number of non-ortho nitro benzene ring substituents is 1. The molecule has 1 unspecified atom stereocenters. The zero-order valence-electron chi connectivity index (χ0n) is 26.3. The van der Waals surface area contributed by atoms with E-state index < -0.39 is 67.7 Å². The summed E-state index contributed by atoms with van der Waals surface area (Å²) in [6.45, 7) is 1.11. The fourth-order valence-corrected chi connectivity index (χ4v) is 5.22. The first-order valence-corrected chi connectivity index (χ1v) is 14.9. The van der Waals surface area contributed by atoms with Crippen LogP contribution in [0.25, 0.3) is 22.3 Å². The Balaban J connectivity index is 1.42. The number of nitro groups is 2. The van der Waals surface area contributed by atoms with E-state index in [0.29, 0.717) is 0 Å². The molecule has 0 radical (unpaired) electrons. The van der Waals surface area contributed by atoms with Gasteiger partial charge in [0.05, 0.1) is 52.5 Å². The Labute approximate surface area is 284 Å². The second kappa shape index (κ2) is 14.9. The average molecular weight is 709 g/mol. The first-order valence-electron chi connectivity index (χ1n) is 14.9. The molecule has 0 saturated heterocycles. The molecule has 3 N–H and O–H groups in total. The maximum atomic E-state index is 14.8. The lowest BCUT2D eigenvalue weighted by atomic mass is 10.0. The predicted octanol–water partition coefficient (Wildman–Crippen LogP) is 5.53. The van der Waals surface area contributed by atoms with Gasteiger partial charge in [0.25, 0.3) is 17.3 Å². The molecule has 51 heavy (non-hydrogen) atoms. The van der Waals surface area contributed by atoms with Crippen molar-refractivity contribution in [2.75, 3.05) is 36.6 Å². The van der Waals surface area contributed by atoms with Crippen molar-refractivity contribution in [3.63, 3.8) is 0 Å². The number of phenols is 1. The van der Waals surface area contributed by atoms with E-state index in [1.165, 1.54) is 37.3 Å². The molecule has 0 spiro atoms. The van der Waals surface area contributed by atoms with Crippen molar-refractivity contribution in [3.8, 4) is 17.1 Å². The van der Waals surface area contributed by atoms with E-state index in [9.17, 15) is 53.6 Å². The smallest absolute Gasteiger partial charge is 0.336 e. The van der Waals surface area contributed by atoms with Gasteiger partial charge >= 0.3 is 5.97 Å². The number of hydrogen-bond acceptors (Lipinski definition) is 12. The van der Waals surface area contributed by atoms with Crippen molar-refractivity contribution in [2.45, 2.75) is 13.2 Å². The molecule has 1 aliphatic heterocycles. The van der Waals surface area contributed by atoms with Gasteiger partial charge in [0.15, 0.2) is 17.4 Å². The van der Waals surface area contributed by atoms with Crippen molar-refractivity contribution in [3.05, 3.63) is 120 Å². The monoisotopic (exact) mass is 708 g/mol. The van der Waals surface area contributed by atoms with E-state index in [1.54, 1.807) is 0 Å². The van der Waals surface area contributed by atoms with Crippen LogP contribution in [0.4, 0.5) is 31.5 Å². The number of aromatic hydroxyl groups is 1. The van der Waals surface area contributed by atoms with E-state index in [1.807, 2.05) is 0 Å². The molecule has 5 rings (SSSR count). The number of anilines is 2. The normalized spacial score (nSPS) is 11.7. The third-order valence-corrected chi connectivity index (χ3v) is 7.56. The number of rotatable bonds is 14. The van der Waals surface area contributed by atoms with E-state index in [2.05, 4.69) is 5.32 Å². The Morgan fingerprint density at radius 1 is 0.961 bits per heavy atom. The molecule has 1 heterocycles. The minimum atomic E-state index is -1.44. The number of nitrogens with one attached hydrogen (secondary N) is 1. The van der Waals surface area contributed by atoms with Crippen molar-refractivity contribution in [1.82, 2.24) is 0 Å². The van der Waals surface area contributed by atoms with Gasteiger partial charge in [0.2, 0.25) is 5.43 Å². The van der Waals surface area contributed by atoms with Gasteiger partial charge in [0.1, 0.15) is 23.3 Å². The number of carboxylic acids is 1. The fraction of sp³-hybridized carbons (Fsp3) is 0.182. The van der Waals surface area contributed by atoms with E-state index in [-0.39, 0.29) is 65.6 Å². The molecule has 0 fully saturated rings. The van der Waals surface area contributed by atoms with Crippen LogP contribution in [0.15, 0.2) is 75.9 Å². The molecule has 1 amide bonds. The molecular formula is C33H26F2N4O12. The molecule has 18 heteroatoms. The lowest BCUT2D eigenvalue weighted by Gasteiger charge is -2.32. The third kappa shape index (κ3) is 7.56. The summed E-state index contributed by atoms with van der Waals surface area (Å²) in [5, 5.41) is 44.8. The first-order chi connectivity index (χ1) is 24.3. The number of phenolic OH excluding ortho intramolecular Hbond substituents is 1. The van der Waals surface area contributed by atoms with Crippen LogP contribution in [0.2, 0.25) is 0 Å². The van der Waals surface area contributed by atoms with Gasteiger partial charge in [-0.2, -0.15) is 0 Å². The number of fused-ring (bicyclic) bond motifs is 2. The number of aromatic carboxylic acids is 1. The second-order valence-corrected chi connectivity index (χ2v) is 10.8. The van der Waals surface area contributed by atoms with E-state index in [4.69, 9.17) is 13.9 Å². The number of nitrogens with zero attached hydrogens (tertiary/aromatic N) is 3. The molecule has 2 aliphatic rings. The molecule has 16 nitrogen and oxygen atoms in total. The van der Waals surface area contributed by atoms with Gasteiger partial charge in [-0.15, -0.1) is 0 Å². The van der Waals surface area contributed by atoms with Crippen LogP contribution in [0.3, 0.4) is 0 Å². The van der Waals surface area contributed by atoms with E-state index in [0.717, 1.165) is 41.3 Å². The Morgan fingerprint density at radius 3 is 2.37 bits per heavy atom. The number of carboxylic acid groups (broad SMARTS) is 1. The molecule has 3 aromatic rings. The highest BCUT2D eigenvalue weighted by Gasteiger charge is 2.33.